The van der Waals surface area contributed by atoms with E-state index < -0.39 is 0 Å². The normalized spacial score (nSPS) is 31.4. The molecule has 3 nitrogen and oxygen atoms in total. The van der Waals surface area contributed by atoms with Gasteiger partial charge in [0.25, 0.3) is 0 Å². The van der Waals surface area contributed by atoms with Gasteiger partial charge in [-0.15, -0.1) is 0 Å². The Morgan fingerprint density at radius 2 is 2.00 bits per heavy atom. The highest BCUT2D eigenvalue weighted by Gasteiger charge is 2.27. The molecule has 3 atom stereocenters. The van der Waals surface area contributed by atoms with Crippen molar-refractivity contribution in [1.82, 2.24) is 0 Å². The van der Waals surface area contributed by atoms with Crippen molar-refractivity contribution in [2.45, 2.75) is 64.4 Å². The standard InChI is InChI=1S/C20H28O3/c1-2-3-6-9-17-14-12-16-13-15-19(21)18(16)10-7-4-5-8-11-20(22)23-17/h4,7,12-18H,2-3,5-6,8-11H2,1H3/b7-4-,14-12+/t16-,17+,18+/m0/s1. The highest BCUT2D eigenvalue weighted by atomic mass is 16.5. The third-order valence-electron chi connectivity index (χ3n) is 4.54. The summed E-state index contributed by atoms with van der Waals surface area (Å²) in [5.41, 5.74) is 0. The Hall–Kier alpha value is -1.64. The Labute approximate surface area is 139 Å². The van der Waals surface area contributed by atoms with Crippen LogP contribution in [-0.2, 0) is 14.3 Å². The Morgan fingerprint density at radius 3 is 2.83 bits per heavy atom. The fourth-order valence-corrected chi connectivity index (χ4v) is 3.12. The molecule has 0 aromatic heterocycles. The molecule has 0 aromatic rings. The van der Waals surface area contributed by atoms with Gasteiger partial charge in [-0.2, -0.15) is 0 Å². The third-order valence-corrected chi connectivity index (χ3v) is 4.54. The van der Waals surface area contributed by atoms with E-state index in [0.717, 1.165) is 44.9 Å². The summed E-state index contributed by atoms with van der Waals surface area (Å²) in [4.78, 5) is 24.0. The van der Waals surface area contributed by atoms with E-state index in [1.165, 1.54) is 0 Å². The summed E-state index contributed by atoms with van der Waals surface area (Å²) in [7, 11) is 0. The molecular formula is C20H28O3. The summed E-state index contributed by atoms with van der Waals surface area (Å²) >= 11 is 0. The maximum atomic E-state index is 12.0. The van der Waals surface area contributed by atoms with Gasteiger partial charge in [-0.25, -0.2) is 0 Å². The van der Waals surface area contributed by atoms with Crippen LogP contribution in [0.3, 0.4) is 0 Å². The van der Waals surface area contributed by atoms with Gasteiger partial charge in [0, 0.05) is 18.3 Å². The molecule has 1 aliphatic heterocycles. The van der Waals surface area contributed by atoms with Crippen LogP contribution >= 0.6 is 0 Å². The summed E-state index contributed by atoms with van der Waals surface area (Å²) in [5, 5.41) is 0. The van der Waals surface area contributed by atoms with Gasteiger partial charge in [-0.1, -0.05) is 44.1 Å². The number of carbonyl (C=O) groups excluding carboxylic acids is 2. The first kappa shape index (κ1) is 17.7. The van der Waals surface area contributed by atoms with Crippen LogP contribution < -0.4 is 0 Å². The highest BCUT2D eigenvalue weighted by Crippen LogP contribution is 2.28. The van der Waals surface area contributed by atoms with Crippen molar-refractivity contribution in [3.63, 3.8) is 0 Å². The first-order valence-electron chi connectivity index (χ1n) is 8.95. The number of allylic oxidation sites excluding steroid dienone is 5. The summed E-state index contributed by atoms with van der Waals surface area (Å²) in [6.45, 7) is 2.17. The lowest BCUT2D eigenvalue weighted by molar-refractivity contribution is -0.147. The van der Waals surface area contributed by atoms with Crippen LogP contribution in [-0.4, -0.2) is 17.9 Å². The molecule has 3 heteroatoms. The van der Waals surface area contributed by atoms with E-state index in [-0.39, 0.29) is 29.7 Å². The van der Waals surface area contributed by atoms with Crippen molar-refractivity contribution in [2.75, 3.05) is 0 Å². The largest absolute Gasteiger partial charge is 0.458 e. The predicted octanol–water partition coefficient (Wildman–Crippen LogP) is 4.54. The number of carbonyl (C=O) groups is 2. The molecule has 0 spiro atoms. The fourth-order valence-electron chi connectivity index (χ4n) is 3.12. The van der Waals surface area contributed by atoms with E-state index in [9.17, 15) is 9.59 Å². The fraction of sp³-hybridized carbons (Fsp3) is 0.600. The molecule has 0 saturated heterocycles. The Balaban J connectivity index is 2.07. The van der Waals surface area contributed by atoms with E-state index in [1.807, 2.05) is 12.2 Å². The SMILES string of the molecule is CCCCC[C@@H]1/C=C/[C@H]2C=CC(=O)[C@@H]2C/C=C\CCCC(=O)O1. The lowest BCUT2D eigenvalue weighted by Gasteiger charge is -2.16. The van der Waals surface area contributed by atoms with E-state index in [4.69, 9.17) is 4.74 Å². The lowest BCUT2D eigenvalue weighted by Crippen LogP contribution is -2.17. The van der Waals surface area contributed by atoms with Gasteiger partial charge in [0.1, 0.15) is 6.10 Å². The van der Waals surface area contributed by atoms with Gasteiger partial charge in [0.2, 0.25) is 0 Å². The molecule has 0 radical (unpaired) electrons. The minimum Gasteiger partial charge on any atom is -0.458 e. The van der Waals surface area contributed by atoms with Crippen molar-refractivity contribution in [1.29, 1.82) is 0 Å². The quantitative estimate of drug-likeness (QED) is 0.434. The van der Waals surface area contributed by atoms with Crippen LogP contribution in [0.1, 0.15) is 58.3 Å². The maximum absolute atomic E-state index is 12.0. The lowest BCUT2D eigenvalue weighted by atomic mass is 9.90. The van der Waals surface area contributed by atoms with Crippen molar-refractivity contribution in [3.05, 3.63) is 36.5 Å². The minimum atomic E-state index is -0.160. The van der Waals surface area contributed by atoms with Gasteiger partial charge in [-0.05, 0) is 44.3 Å². The number of ketones is 1. The molecule has 2 aliphatic rings. The summed E-state index contributed by atoms with van der Waals surface area (Å²) < 4.78 is 5.63. The van der Waals surface area contributed by atoms with Gasteiger partial charge in [-0.3, -0.25) is 9.59 Å². The summed E-state index contributed by atoms with van der Waals surface area (Å²) in [5.74, 6) is 0.229. The Morgan fingerprint density at radius 1 is 1.13 bits per heavy atom. The van der Waals surface area contributed by atoms with Crippen LogP contribution in [0.25, 0.3) is 0 Å². The monoisotopic (exact) mass is 316 g/mol. The van der Waals surface area contributed by atoms with Crippen molar-refractivity contribution in [2.24, 2.45) is 11.8 Å². The van der Waals surface area contributed by atoms with E-state index in [1.54, 1.807) is 6.08 Å². The molecule has 1 heterocycles. The molecule has 2 rings (SSSR count). The average molecular weight is 316 g/mol. The number of hydrogen-bond donors (Lipinski definition) is 0. The van der Waals surface area contributed by atoms with Crippen molar-refractivity contribution < 1.29 is 14.3 Å². The third kappa shape index (κ3) is 5.81. The Kier molecular flexibility index (Phi) is 7.31. The van der Waals surface area contributed by atoms with Crippen LogP contribution in [0.4, 0.5) is 0 Å². The molecule has 0 amide bonds. The molecule has 0 unspecified atom stereocenters. The number of ether oxygens (including phenoxy) is 1. The van der Waals surface area contributed by atoms with Crippen LogP contribution in [0, 0.1) is 11.8 Å². The predicted molar refractivity (Wildman–Crippen MR) is 91.9 cm³/mol. The molecule has 1 aliphatic carbocycles. The minimum absolute atomic E-state index is 0.00949. The number of unbranched alkanes of at least 4 members (excludes halogenated alkanes) is 2. The second-order valence-corrected chi connectivity index (χ2v) is 6.45. The molecule has 0 fully saturated rings. The van der Waals surface area contributed by atoms with E-state index in [0.29, 0.717) is 6.42 Å². The molecular weight excluding hydrogens is 288 g/mol. The van der Waals surface area contributed by atoms with Gasteiger partial charge in [0.15, 0.2) is 5.78 Å². The smallest absolute Gasteiger partial charge is 0.306 e. The molecule has 0 aromatic carbocycles. The first-order chi connectivity index (χ1) is 11.2. The zero-order valence-corrected chi connectivity index (χ0v) is 14.1. The second-order valence-electron chi connectivity index (χ2n) is 6.45. The second kappa shape index (κ2) is 9.49. The molecule has 0 N–H and O–H groups in total. The topological polar surface area (TPSA) is 43.4 Å². The molecule has 126 valence electrons. The van der Waals surface area contributed by atoms with Gasteiger partial charge < -0.3 is 4.74 Å². The van der Waals surface area contributed by atoms with Gasteiger partial charge in [0.05, 0.1) is 0 Å². The van der Waals surface area contributed by atoms with Crippen LogP contribution in [0.15, 0.2) is 36.5 Å². The average Bonchev–Trinajstić information content (AvgIpc) is 2.88. The molecule has 23 heavy (non-hydrogen) atoms. The van der Waals surface area contributed by atoms with E-state index >= 15 is 0 Å². The van der Waals surface area contributed by atoms with E-state index in [2.05, 4.69) is 25.2 Å². The molecule has 0 saturated carbocycles. The summed E-state index contributed by atoms with van der Waals surface area (Å²) in [6, 6.07) is 0. The van der Waals surface area contributed by atoms with Crippen molar-refractivity contribution in [3.8, 4) is 0 Å². The molecule has 0 bridgehead atoms. The van der Waals surface area contributed by atoms with Crippen molar-refractivity contribution >= 4 is 11.8 Å². The highest BCUT2D eigenvalue weighted by molar-refractivity contribution is 5.95. The van der Waals surface area contributed by atoms with Crippen LogP contribution in [0.5, 0.6) is 0 Å². The number of hydrogen-bond acceptors (Lipinski definition) is 3. The number of cyclic esters (lactones) is 1. The number of esters is 1. The zero-order valence-electron chi connectivity index (χ0n) is 14.1. The number of rotatable bonds is 4. The first-order valence-corrected chi connectivity index (χ1v) is 8.95. The Bertz CT molecular complexity index is 487. The van der Waals surface area contributed by atoms with Gasteiger partial charge >= 0.3 is 5.97 Å². The zero-order chi connectivity index (χ0) is 16.5. The maximum Gasteiger partial charge on any atom is 0.306 e. The van der Waals surface area contributed by atoms with Crippen LogP contribution in [0.2, 0.25) is 0 Å². The number of fused-ring (bicyclic) bond motifs is 1. The summed E-state index contributed by atoms with van der Waals surface area (Å²) in [6.07, 6.45) is 18.9.